The van der Waals surface area contributed by atoms with Crippen molar-refractivity contribution in [3.05, 3.63) is 28.6 Å². The zero-order valence-electron chi connectivity index (χ0n) is 17.6. The maximum absolute atomic E-state index is 12.7. The summed E-state index contributed by atoms with van der Waals surface area (Å²) in [6, 6.07) is 2.14. The topological polar surface area (TPSA) is 62.8 Å². The number of hydrogen-bond donors (Lipinski definition) is 3. The Bertz CT molecular complexity index is 875. The van der Waals surface area contributed by atoms with Gasteiger partial charge >= 0.3 is 0 Å². The Morgan fingerprint density at radius 1 is 1.11 bits per heavy atom. The zero-order valence-corrected chi connectivity index (χ0v) is 19.3. The number of nitrogens with one attached hydrogen (secondary N) is 1. The van der Waals surface area contributed by atoms with Crippen LogP contribution in [0.5, 0.6) is 0 Å². The molecule has 6 heteroatoms. The van der Waals surface area contributed by atoms with Crippen LogP contribution < -0.4 is 0 Å². The summed E-state index contributed by atoms with van der Waals surface area (Å²) in [5.74, 6) is -0.0567. The first-order valence-corrected chi connectivity index (χ1v) is 11.1. The predicted molar refractivity (Wildman–Crippen MR) is 123 cm³/mol. The van der Waals surface area contributed by atoms with Gasteiger partial charge in [0, 0.05) is 5.92 Å². The van der Waals surface area contributed by atoms with E-state index < -0.39 is 11.3 Å². The van der Waals surface area contributed by atoms with E-state index in [2.05, 4.69) is 64.0 Å². The van der Waals surface area contributed by atoms with E-state index in [-0.39, 0.29) is 10.2 Å². The first kappa shape index (κ1) is 23.0. The van der Waals surface area contributed by atoms with Gasteiger partial charge in [-0.05, 0) is 55.4 Å². The Morgan fingerprint density at radius 3 is 2.21 bits per heavy atom. The van der Waals surface area contributed by atoms with E-state index in [1.807, 2.05) is 0 Å². The first-order chi connectivity index (χ1) is 13.3. The maximum atomic E-state index is 12.7. The van der Waals surface area contributed by atoms with Gasteiger partial charge in [-0.2, -0.15) is 0 Å². The molecule has 154 valence electrons. The van der Waals surface area contributed by atoms with Crippen molar-refractivity contribution in [3.63, 3.8) is 0 Å². The van der Waals surface area contributed by atoms with Crippen molar-refractivity contribution >= 4 is 46.5 Å². The summed E-state index contributed by atoms with van der Waals surface area (Å²) in [7, 11) is 0. The lowest BCUT2D eigenvalue weighted by atomic mass is 9.75. The van der Waals surface area contributed by atoms with Crippen LogP contribution in [0.3, 0.4) is 0 Å². The van der Waals surface area contributed by atoms with Crippen molar-refractivity contribution in [2.75, 3.05) is 0 Å². The van der Waals surface area contributed by atoms with Gasteiger partial charge in [-0.15, -0.1) is 25.3 Å². The van der Waals surface area contributed by atoms with Crippen LogP contribution in [-0.4, -0.2) is 20.2 Å². The van der Waals surface area contributed by atoms with Gasteiger partial charge in [-0.1, -0.05) is 40.5 Å². The molecule has 4 nitrogen and oxygen atoms in total. The summed E-state index contributed by atoms with van der Waals surface area (Å²) in [5, 5.41) is -0.655. The highest BCUT2D eigenvalue weighted by Crippen LogP contribution is 2.39. The van der Waals surface area contributed by atoms with Crippen LogP contribution >= 0.6 is 25.3 Å². The lowest BCUT2D eigenvalue weighted by molar-refractivity contribution is -0.124. The molecule has 1 N–H and O–H groups in total. The Balaban J connectivity index is 2.74. The van der Waals surface area contributed by atoms with Gasteiger partial charge in [0.05, 0.1) is 11.0 Å². The van der Waals surface area contributed by atoms with Gasteiger partial charge in [-0.3, -0.25) is 9.59 Å². The first-order valence-electron chi connectivity index (χ1n) is 10.3. The quantitative estimate of drug-likeness (QED) is 0.461. The van der Waals surface area contributed by atoms with E-state index in [1.54, 1.807) is 6.92 Å². The molecule has 1 aromatic carbocycles. The number of aromatic amines is 1. The molecular formula is C22H32N2O2S2. The van der Waals surface area contributed by atoms with Crippen LogP contribution in [0.1, 0.15) is 76.4 Å². The third kappa shape index (κ3) is 4.04. The molecule has 0 saturated heterocycles. The van der Waals surface area contributed by atoms with Gasteiger partial charge in [0.25, 0.3) is 0 Å². The molecule has 0 fully saturated rings. The summed E-state index contributed by atoms with van der Waals surface area (Å²) < 4.78 is 0. The maximum Gasteiger partial charge on any atom is 0.200 e. The Hall–Kier alpha value is -1.27. The number of aryl methyl sites for hydroxylation is 2. The van der Waals surface area contributed by atoms with E-state index in [0.29, 0.717) is 12.2 Å². The highest BCUT2D eigenvalue weighted by Gasteiger charge is 2.46. The minimum atomic E-state index is -1.14. The lowest BCUT2D eigenvalue weighted by Crippen LogP contribution is -2.42. The van der Waals surface area contributed by atoms with E-state index in [1.165, 1.54) is 16.7 Å². The van der Waals surface area contributed by atoms with Crippen molar-refractivity contribution in [1.82, 2.24) is 9.97 Å². The molecule has 2 aromatic rings. The number of benzene rings is 1. The lowest BCUT2D eigenvalue weighted by Gasteiger charge is -2.31. The SMILES string of the molecule is CCCCC(C(=O)S)C(C)(C(=O)S)c1nc2c(CC)c(CC)c(CC)cc2[nH]1. The molecule has 0 spiro atoms. The Morgan fingerprint density at radius 2 is 1.75 bits per heavy atom. The summed E-state index contributed by atoms with van der Waals surface area (Å²) in [6.45, 7) is 10.3. The minimum absolute atomic E-state index is 0.294. The number of unbranched alkanes of at least 4 members (excludes halogenated alkanes) is 1. The van der Waals surface area contributed by atoms with Crippen molar-refractivity contribution in [2.24, 2.45) is 5.92 Å². The number of fused-ring (bicyclic) bond motifs is 1. The number of imidazole rings is 1. The van der Waals surface area contributed by atoms with Gasteiger partial charge < -0.3 is 4.98 Å². The van der Waals surface area contributed by atoms with Crippen molar-refractivity contribution in [3.8, 4) is 0 Å². The van der Waals surface area contributed by atoms with E-state index >= 15 is 0 Å². The Kier molecular flexibility index (Phi) is 7.80. The monoisotopic (exact) mass is 420 g/mol. The summed E-state index contributed by atoms with van der Waals surface area (Å²) in [5.41, 5.74) is 4.53. The standard InChI is InChI=1S/C22H32N2O2S2/c1-6-10-11-16(19(25)27)22(5,21(26)28)20-23-17-12-13(7-2)14(8-3)15(9-4)18(17)24-20/h12,16H,6-11H2,1-5H3,(H,23,24)(H,25,27)(H,26,28). The average molecular weight is 421 g/mol. The zero-order chi connectivity index (χ0) is 21.1. The van der Waals surface area contributed by atoms with Crippen LogP contribution in [0, 0.1) is 5.92 Å². The highest BCUT2D eigenvalue weighted by molar-refractivity contribution is 7.97. The molecule has 0 radical (unpaired) electrons. The number of carbonyl (C=O) groups excluding carboxylic acids is 2. The second kappa shape index (κ2) is 9.49. The van der Waals surface area contributed by atoms with E-state index in [0.717, 1.165) is 43.1 Å². The van der Waals surface area contributed by atoms with E-state index in [9.17, 15) is 9.59 Å². The number of aromatic nitrogens is 2. The summed E-state index contributed by atoms with van der Waals surface area (Å²) in [4.78, 5) is 33.2. The second-order valence-electron chi connectivity index (χ2n) is 7.58. The molecule has 2 unspecified atom stereocenters. The number of hydrogen-bond acceptors (Lipinski definition) is 3. The fourth-order valence-corrected chi connectivity index (χ4v) is 4.83. The molecule has 0 aliphatic heterocycles. The van der Waals surface area contributed by atoms with Crippen molar-refractivity contribution in [1.29, 1.82) is 0 Å². The number of H-pyrrole nitrogens is 1. The van der Waals surface area contributed by atoms with Crippen LogP contribution in [0.2, 0.25) is 0 Å². The fraction of sp³-hybridized carbons (Fsp3) is 0.591. The van der Waals surface area contributed by atoms with Gasteiger partial charge in [0.1, 0.15) is 11.2 Å². The summed E-state index contributed by atoms with van der Waals surface area (Å²) >= 11 is 8.27. The van der Waals surface area contributed by atoms with Crippen molar-refractivity contribution < 1.29 is 9.59 Å². The molecular weight excluding hydrogens is 388 g/mol. The molecule has 1 aromatic heterocycles. The molecule has 0 amide bonds. The third-order valence-electron chi connectivity index (χ3n) is 5.95. The van der Waals surface area contributed by atoms with Crippen LogP contribution in [0.25, 0.3) is 11.0 Å². The molecule has 0 aliphatic carbocycles. The average Bonchev–Trinajstić information content (AvgIpc) is 3.09. The highest BCUT2D eigenvalue weighted by atomic mass is 32.1. The molecule has 0 aliphatic rings. The third-order valence-corrected chi connectivity index (χ3v) is 6.73. The van der Waals surface area contributed by atoms with E-state index in [4.69, 9.17) is 4.98 Å². The van der Waals surface area contributed by atoms with Crippen molar-refractivity contribution in [2.45, 2.75) is 78.6 Å². The van der Waals surface area contributed by atoms with Gasteiger partial charge in [0.2, 0.25) is 0 Å². The van der Waals surface area contributed by atoms with Gasteiger partial charge in [-0.25, -0.2) is 4.98 Å². The van der Waals surface area contributed by atoms with Gasteiger partial charge in [0.15, 0.2) is 10.2 Å². The molecule has 2 atom stereocenters. The van der Waals surface area contributed by atoms with Crippen LogP contribution in [0.15, 0.2) is 6.07 Å². The molecule has 28 heavy (non-hydrogen) atoms. The van der Waals surface area contributed by atoms with Crippen LogP contribution in [0.4, 0.5) is 0 Å². The number of rotatable bonds is 10. The number of nitrogens with zero attached hydrogens (tertiary/aromatic N) is 1. The fourth-order valence-electron chi connectivity index (χ4n) is 4.18. The molecule has 0 bridgehead atoms. The molecule has 0 saturated carbocycles. The normalized spacial score (nSPS) is 14.8. The molecule has 1 heterocycles. The minimum Gasteiger partial charge on any atom is -0.341 e. The van der Waals surface area contributed by atoms with Crippen LogP contribution in [-0.2, 0) is 34.3 Å². The summed E-state index contributed by atoms with van der Waals surface area (Å²) in [6.07, 6.45) is 5.12. The molecule has 2 rings (SSSR count). The Labute approximate surface area is 179 Å². The number of thiol groups is 2. The predicted octanol–water partition coefficient (Wildman–Crippen LogP) is 5.23. The second-order valence-corrected chi connectivity index (χ2v) is 8.42. The number of carbonyl (C=O) groups is 2. The largest absolute Gasteiger partial charge is 0.341 e. The smallest absolute Gasteiger partial charge is 0.200 e.